The van der Waals surface area contributed by atoms with E-state index in [4.69, 9.17) is 15.3 Å². The lowest BCUT2D eigenvalue weighted by atomic mass is 9.79. The molecule has 2 atom stereocenters. The van der Waals surface area contributed by atoms with Crippen molar-refractivity contribution < 1.29 is 9.47 Å². The molecule has 7 heteroatoms. The predicted octanol–water partition coefficient (Wildman–Crippen LogP) is 2.98. The lowest BCUT2D eigenvalue weighted by Gasteiger charge is -2.47. The summed E-state index contributed by atoms with van der Waals surface area (Å²) in [5.41, 5.74) is 2.36. The van der Waals surface area contributed by atoms with Gasteiger partial charge in [0.05, 0.1) is 31.1 Å². The summed E-state index contributed by atoms with van der Waals surface area (Å²) in [5, 5.41) is 4.00. The normalized spacial score (nSPS) is 29.9. The largest absolute Gasteiger partial charge is 0.380 e. The fourth-order valence-electron chi connectivity index (χ4n) is 4.75. The van der Waals surface area contributed by atoms with Gasteiger partial charge in [-0.05, 0) is 37.8 Å². The van der Waals surface area contributed by atoms with E-state index in [0.717, 1.165) is 70.8 Å². The van der Waals surface area contributed by atoms with Gasteiger partial charge in [-0.15, -0.1) is 11.3 Å². The summed E-state index contributed by atoms with van der Waals surface area (Å²) in [6.45, 7) is 11.6. The highest BCUT2D eigenvalue weighted by molar-refractivity contribution is 7.12. The van der Waals surface area contributed by atoms with Crippen molar-refractivity contribution in [3.8, 4) is 0 Å². The van der Waals surface area contributed by atoms with Gasteiger partial charge < -0.3 is 15.3 Å². The van der Waals surface area contributed by atoms with E-state index in [1.165, 1.54) is 10.4 Å². The van der Waals surface area contributed by atoms with Crippen LogP contribution in [-0.4, -0.2) is 62.3 Å². The number of piperidine rings is 1. The average molecular weight is 419 g/mol. The van der Waals surface area contributed by atoms with Crippen molar-refractivity contribution >= 4 is 23.3 Å². The third-order valence-corrected chi connectivity index (χ3v) is 7.94. The molecule has 1 aromatic heterocycles. The molecule has 0 aliphatic carbocycles. The summed E-state index contributed by atoms with van der Waals surface area (Å²) in [7, 11) is 0. The Morgan fingerprint density at radius 1 is 1.45 bits per heavy atom. The zero-order chi connectivity index (χ0) is 20.5. The molecule has 1 spiro atoms. The Balaban J connectivity index is 1.39. The minimum atomic E-state index is -0.111. The maximum atomic E-state index is 6.45. The van der Waals surface area contributed by atoms with Crippen LogP contribution in [-0.2, 0) is 27.9 Å². The van der Waals surface area contributed by atoms with Crippen molar-refractivity contribution in [3.05, 3.63) is 21.4 Å². The maximum absolute atomic E-state index is 6.45. The van der Waals surface area contributed by atoms with E-state index >= 15 is 0 Å². The smallest absolute Gasteiger partial charge is 0.0969 e. The molecule has 4 rings (SSSR count). The number of hydrogen-bond donors (Lipinski definition) is 1. The molecule has 0 bridgehead atoms. The number of thiophene rings is 1. The van der Waals surface area contributed by atoms with Gasteiger partial charge >= 0.3 is 0 Å². The second kappa shape index (κ2) is 8.46. The first kappa shape index (κ1) is 21.0. The summed E-state index contributed by atoms with van der Waals surface area (Å²) < 4.78 is 11.7. The summed E-state index contributed by atoms with van der Waals surface area (Å²) in [6.07, 6.45) is 6.06. The van der Waals surface area contributed by atoms with Crippen LogP contribution in [0.1, 0.15) is 48.9 Å². The van der Waals surface area contributed by atoms with E-state index in [0.29, 0.717) is 6.04 Å². The molecule has 29 heavy (non-hydrogen) atoms. The van der Waals surface area contributed by atoms with Crippen LogP contribution < -0.4 is 5.84 Å². The molecule has 2 N–H and O–H groups in total. The molecular formula is C22H34N4O2S. The number of aryl methyl sites for hydroxylation is 1. The fourth-order valence-corrected chi connectivity index (χ4v) is 5.92. The first-order chi connectivity index (χ1) is 14.0. The van der Waals surface area contributed by atoms with Crippen molar-refractivity contribution in [1.82, 2.24) is 4.90 Å². The minimum Gasteiger partial charge on any atom is -0.380 e. The molecule has 160 valence electrons. The zero-order valence-corrected chi connectivity index (χ0v) is 18.8. The minimum absolute atomic E-state index is 0.111. The number of fused-ring (bicyclic) bond motifs is 2. The number of hydrogen-bond acceptors (Lipinski definition) is 7. The quantitative estimate of drug-likeness (QED) is 0.438. The van der Waals surface area contributed by atoms with Crippen LogP contribution in [0.15, 0.2) is 16.2 Å². The second-order valence-electron chi connectivity index (χ2n) is 9.16. The van der Waals surface area contributed by atoms with Gasteiger partial charge in [-0.2, -0.15) is 5.10 Å². The van der Waals surface area contributed by atoms with E-state index in [-0.39, 0.29) is 11.0 Å². The van der Waals surface area contributed by atoms with Gasteiger partial charge in [-0.25, -0.2) is 0 Å². The SMILES string of the molecule is CCc1cc2c(s1)CCO[C@@]21CCN(C/C(C=NCC2(C)COC2)=N/N)[C@@H](C)C1. The van der Waals surface area contributed by atoms with E-state index in [1.54, 1.807) is 4.88 Å². The summed E-state index contributed by atoms with van der Waals surface area (Å²) in [4.78, 5) is 10.1. The monoisotopic (exact) mass is 418 g/mol. The third-order valence-electron chi connectivity index (χ3n) is 6.60. The van der Waals surface area contributed by atoms with Crippen LogP contribution in [0.2, 0.25) is 0 Å². The number of nitrogens with two attached hydrogens (primary N) is 1. The predicted molar refractivity (Wildman–Crippen MR) is 119 cm³/mol. The highest BCUT2D eigenvalue weighted by Gasteiger charge is 2.44. The molecule has 0 aromatic carbocycles. The molecule has 0 unspecified atom stereocenters. The van der Waals surface area contributed by atoms with Crippen molar-refractivity contribution in [2.75, 3.05) is 39.5 Å². The average Bonchev–Trinajstić information content (AvgIpc) is 3.13. The lowest BCUT2D eigenvalue weighted by Crippen LogP contribution is -2.51. The van der Waals surface area contributed by atoms with Gasteiger partial charge in [0, 0.05) is 53.5 Å². The number of aliphatic imine (C=N–C) groups is 1. The van der Waals surface area contributed by atoms with Crippen LogP contribution in [0.4, 0.5) is 0 Å². The first-order valence-corrected chi connectivity index (χ1v) is 11.6. The van der Waals surface area contributed by atoms with Gasteiger partial charge in [0.2, 0.25) is 0 Å². The Kier molecular flexibility index (Phi) is 6.11. The zero-order valence-electron chi connectivity index (χ0n) is 17.9. The van der Waals surface area contributed by atoms with Crippen LogP contribution in [0.25, 0.3) is 0 Å². The summed E-state index contributed by atoms with van der Waals surface area (Å²) >= 11 is 1.98. The first-order valence-electron chi connectivity index (χ1n) is 10.8. The van der Waals surface area contributed by atoms with Gasteiger partial charge in [0.15, 0.2) is 0 Å². The van der Waals surface area contributed by atoms with E-state index in [9.17, 15) is 0 Å². The maximum Gasteiger partial charge on any atom is 0.0969 e. The molecule has 4 heterocycles. The molecule has 3 aliphatic rings. The summed E-state index contributed by atoms with van der Waals surface area (Å²) in [6, 6.07) is 2.81. The van der Waals surface area contributed by atoms with Crippen LogP contribution >= 0.6 is 11.3 Å². The van der Waals surface area contributed by atoms with Crippen LogP contribution in [0, 0.1) is 5.41 Å². The molecule has 0 radical (unpaired) electrons. The number of rotatable bonds is 6. The number of likely N-dealkylation sites (tertiary alicyclic amines) is 1. The molecule has 2 saturated heterocycles. The van der Waals surface area contributed by atoms with Crippen LogP contribution in [0.3, 0.4) is 0 Å². The van der Waals surface area contributed by atoms with E-state index < -0.39 is 0 Å². The summed E-state index contributed by atoms with van der Waals surface area (Å²) in [5.74, 6) is 5.67. The molecule has 6 nitrogen and oxygen atoms in total. The lowest BCUT2D eigenvalue weighted by molar-refractivity contribution is -0.108. The molecule has 1 aromatic rings. The number of nitrogens with zero attached hydrogens (tertiary/aromatic N) is 3. The van der Waals surface area contributed by atoms with Gasteiger partial charge in [0.1, 0.15) is 0 Å². The molecule has 2 fully saturated rings. The Morgan fingerprint density at radius 2 is 2.28 bits per heavy atom. The van der Waals surface area contributed by atoms with Crippen LogP contribution in [0.5, 0.6) is 0 Å². The highest BCUT2D eigenvalue weighted by Crippen LogP contribution is 2.46. The molecule has 3 aliphatic heterocycles. The Morgan fingerprint density at radius 3 is 2.93 bits per heavy atom. The van der Waals surface area contributed by atoms with Gasteiger partial charge in [0.25, 0.3) is 0 Å². The van der Waals surface area contributed by atoms with Crippen molar-refractivity contribution in [1.29, 1.82) is 0 Å². The van der Waals surface area contributed by atoms with E-state index in [2.05, 4.69) is 41.8 Å². The van der Waals surface area contributed by atoms with E-state index in [1.807, 2.05) is 17.6 Å². The topological polar surface area (TPSA) is 72.4 Å². The molecule has 0 saturated carbocycles. The van der Waals surface area contributed by atoms with Crippen molar-refractivity contribution in [2.24, 2.45) is 21.4 Å². The van der Waals surface area contributed by atoms with Crippen molar-refractivity contribution in [3.63, 3.8) is 0 Å². The number of hydrazone groups is 1. The molecular weight excluding hydrogens is 384 g/mol. The van der Waals surface area contributed by atoms with Gasteiger partial charge in [-0.1, -0.05) is 13.8 Å². The second-order valence-corrected chi connectivity index (χ2v) is 10.4. The standard InChI is InChI=1S/C22H34N4O2S/c1-4-18-9-19-20(29-18)5-8-28-22(19)6-7-26(16(2)10-22)12-17(25-23)11-24-13-21(3)14-27-15-21/h9,11,16H,4-8,10,12-15,23H2,1-3H3/b24-11?,25-17+/t16-,22+/m0/s1. The Hall–Kier alpha value is -1.28. The fraction of sp³-hybridized carbons (Fsp3) is 0.727. The molecule has 0 amide bonds. The van der Waals surface area contributed by atoms with Gasteiger partial charge in [-0.3, -0.25) is 9.89 Å². The van der Waals surface area contributed by atoms with Crippen molar-refractivity contribution in [2.45, 2.75) is 58.1 Å². The third kappa shape index (κ3) is 4.29. The Labute approximate surface area is 178 Å². The highest BCUT2D eigenvalue weighted by atomic mass is 32.1. The number of ether oxygens (including phenoxy) is 2. The Bertz CT molecular complexity index is 786.